The molecule has 0 aliphatic carbocycles. The van der Waals surface area contributed by atoms with E-state index >= 15 is 0 Å². The average Bonchev–Trinajstić information content (AvgIpc) is 2.12. The van der Waals surface area contributed by atoms with Crippen LogP contribution in [-0.2, 0) is 4.79 Å². The van der Waals surface area contributed by atoms with E-state index in [-0.39, 0.29) is 24.2 Å². The summed E-state index contributed by atoms with van der Waals surface area (Å²) in [7, 11) is 0. The van der Waals surface area contributed by atoms with Crippen molar-refractivity contribution >= 4 is 27.7 Å². The van der Waals surface area contributed by atoms with E-state index in [1.807, 2.05) is 0 Å². The predicted molar refractivity (Wildman–Crippen MR) is 55.3 cm³/mol. The summed E-state index contributed by atoms with van der Waals surface area (Å²) in [5.74, 6) is -1.94. The van der Waals surface area contributed by atoms with Crippen molar-refractivity contribution in [1.82, 2.24) is 0 Å². The molecule has 15 heavy (non-hydrogen) atoms. The number of Topliss-reactive ketones (excluding diaryl/α,β-unsaturated/α-hetero) is 1. The predicted octanol–water partition coefficient (Wildman–Crippen LogP) is 2.64. The number of rotatable bonds is 4. The molecule has 1 aromatic rings. The van der Waals surface area contributed by atoms with Crippen molar-refractivity contribution in [3.8, 4) is 0 Å². The Morgan fingerprint density at radius 1 is 1.27 bits per heavy atom. The molecule has 0 bridgehead atoms. The van der Waals surface area contributed by atoms with Crippen molar-refractivity contribution in [3.05, 3.63) is 34.1 Å². The topological polar surface area (TPSA) is 54.4 Å². The molecule has 80 valence electrons. The van der Waals surface area contributed by atoms with Gasteiger partial charge < -0.3 is 5.11 Å². The molecule has 1 rings (SSSR count). The molecule has 0 spiro atoms. The molecule has 0 amide bonds. The number of hydrogen-bond donors (Lipinski definition) is 1. The van der Waals surface area contributed by atoms with E-state index in [1.165, 1.54) is 12.1 Å². The van der Waals surface area contributed by atoms with Crippen LogP contribution in [0.3, 0.4) is 0 Å². The monoisotopic (exact) mass is 274 g/mol. The molecule has 0 saturated carbocycles. The molecule has 0 aromatic heterocycles. The highest BCUT2D eigenvalue weighted by molar-refractivity contribution is 9.10. The molecule has 0 saturated heterocycles. The number of aliphatic carboxylic acids is 1. The van der Waals surface area contributed by atoms with Gasteiger partial charge in [0.1, 0.15) is 5.82 Å². The van der Waals surface area contributed by atoms with E-state index < -0.39 is 11.8 Å². The van der Waals surface area contributed by atoms with Crippen LogP contribution in [0, 0.1) is 5.82 Å². The van der Waals surface area contributed by atoms with Crippen molar-refractivity contribution < 1.29 is 19.1 Å². The lowest BCUT2D eigenvalue weighted by molar-refractivity contribution is -0.136. The zero-order valence-electron chi connectivity index (χ0n) is 7.67. The number of hydrogen-bond acceptors (Lipinski definition) is 2. The Balaban J connectivity index is 2.77. The fourth-order valence-corrected chi connectivity index (χ4v) is 1.54. The quantitative estimate of drug-likeness (QED) is 0.859. The summed E-state index contributed by atoms with van der Waals surface area (Å²) in [6, 6.07) is 3.79. The van der Waals surface area contributed by atoms with Gasteiger partial charge >= 0.3 is 5.97 Å². The summed E-state index contributed by atoms with van der Waals surface area (Å²) in [4.78, 5) is 21.6. The van der Waals surface area contributed by atoms with Crippen molar-refractivity contribution in [2.75, 3.05) is 0 Å². The maximum Gasteiger partial charge on any atom is 0.303 e. The Kier molecular flexibility index (Phi) is 3.96. The fourth-order valence-electron chi connectivity index (χ4n) is 1.08. The largest absolute Gasteiger partial charge is 0.481 e. The zero-order valence-corrected chi connectivity index (χ0v) is 9.25. The summed E-state index contributed by atoms with van der Waals surface area (Å²) in [6.07, 6.45) is -0.363. The minimum absolute atomic E-state index is 0.120. The Labute approximate surface area is 94.0 Å². The molecule has 0 heterocycles. The maximum absolute atomic E-state index is 12.9. The maximum atomic E-state index is 12.9. The van der Waals surface area contributed by atoms with Crippen molar-refractivity contribution in [1.29, 1.82) is 0 Å². The van der Waals surface area contributed by atoms with Crippen LogP contribution >= 0.6 is 15.9 Å². The molecule has 0 radical (unpaired) electrons. The number of benzene rings is 1. The lowest BCUT2D eigenvalue weighted by atomic mass is 10.1. The third-order valence-corrected chi connectivity index (χ3v) is 2.21. The number of carbonyl (C=O) groups excluding carboxylic acids is 1. The Morgan fingerprint density at radius 3 is 2.47 bits per heavy atom. The van der Waals surface area contributed by atoms with Crippen LogP contribution in [0.15, 0.2) is 22.7 Å². The smallest absolute Gasteiger partial charge is 0.303 e. The van der Waals surface area contributed by atoms with Gasteiger partial charge in [0, 0.05) is 16.5 Å². The van der Waals surface area contributed by atoms with Crippen LogP contribution in [0.5, 0.6) is 0 Å². The first-order chi connectivity index (χ1) is 6.99. The van der Waals surface area contributed by atoms with Crippen molar-refractivity contribution in [2.24, 2.45) is 0 Å². The van der Waals surface area contributed by atoms with E-state index in [2.05, 4.69) is 15.9 Å². The molecule has 0 fully saturated rings. The second kappa shape index (κ2) is 5.02. The second-order valence-corrected chi connectivity index (χ2v) is 3.89. The molecule has 1 N–H and O–H groups in total. The van der Waals surface area contributed by atoms with Gasteiger partial charge in [0.15, 0.2) is 5.78 Å². The molecule has 0 aliphatic rings. The van der Waals surface area contributed by atoms with Crippen molar-refractivity contribution in [2.45, 2.75) is 12.8 Å². The minimum atomic E-state index is -1.04. The van der Waals surface area contributed by atoms with Gasteiger partial charge in [-0.1, -0.05) is 15.9 Å². The highest BCUT2D eigenvalue weighted by atomic mass is 79.9. The molecular weight excluding hydrogens is 267 g/mol. The average molecular weight is 275 g/mol. The van der Waals surface area contributed by atoms with Gasteiger partial charge in [-0.05, 0) is 18.2 Å². The molecule has 0 atom stereocenters. The van der Waals surface area contributed by atoms with Gasteiger partial charge in [-0.3, -0.25) is 9.59 Å². The van der Waals surface area contributed by atoms with Gasteiger partial charge in [0.2, 0.25) is 0 Å². The Bertz CT molecular complexity index is 383. The second-order valence-electron chi connectivity index (χ2n) is 2.98. The molecular formula is C10H8BrFO3. The lowest BCUT2D eigenvalue weighted by Gasteiger charge is -2.00. The fraction of sp³-hybridized carbons (Fsp3) is 0.200. The van der Waals surface area contributed by atoms with E-state index in [0.29, 0.717) is 4.47 Å². The van der Waals surface area contributed by atoms with Crippen LogP contribution < -0.4 is 0 Å². The van der Waals surface area contributed by atoms with E-state index in [1.54, 1.807) is 0 Å². The first-order valence-electron chi connectivity index (χ1n) is 4.20. The van der Waals surface area contributed by atoms with Gasteiger partial charge in [0.05, 0.1) is 6.42 Å². The van der Waals surface area contributed by atoms with Crippen LogP contribution in [0.25, 0.3) is 0 Å². The highest BCUT2D eigenvalue weighted by Gasteiger charge is 2.10. The summed E-state index contributed by atoms with van der Waals surface area (Å²) in [5.41, 5.74) is 0.183. The van der Waals surface area contributed by atoms with Gasteiger partial charge in [0.25, 0.3) is 0 Å². The van der Waals surface area contributed by atoms with Gasteiger partial charge in [-0.25, -0.2) is 4.39 Å². The SMILES string of the molecule is O=C(O)CCC(=O)c1cc(F)cc(Br)c1. The van der Waals surface area contributed by atoms with E-state index in [4.69, 9.17) is 5.11 Å². The molecule has 1 aromatic carbocycles. The Morgan fingerprint density at radius 2 is 1.93 bits per heavy atom. The van der Waals surface area contributed by atoms with Gasteiger partial charge in [-0.2, -0.15) is 0 Å². The highest BCUT2D eigenvalue weighted by Crippen LogP contribution is 2.16. The number of carboxylic acids is 1. The summed E-state index contributed by atoms with van der Waals surface area (Å²) in [5, 5.41) is 8.38. The van der Waals surface area contributed by atoms with Crippen LogP contribution in [-0.4, -0.2) is 16.9 Å². The summed E-state index contributed by atoms with van der Waals surface area (Å²) >= 11 is 3.05. The van der Waals surface area contributed by atoms with E-state index in [9.17, 15) is 14.0 Å². The Hall–Kier alpha value is -1.23. The molecule has 0 unspecified atom stereocenters. The standard InChI is InChI=1S/C10H8BrFO3/c11-7-3-6(4-8(12)5-7)9(13)1-2-10(14)15/h3-5H,1-2H2,(H,14,15). The van der Waals surface area contributed by atoms with Crippen LogP contribution in [0.1, 0.15) is 23.2 Å². The number of carbonyl (C=O) groups is 2. The first-order valence-corrected chi connectivity index (χ1v) is 4.99. The van der Waals surface area contributed by atoms with Crippen LogP contribution in [0.4, 0.5) is 4.39 Å². The molecule has 0 aliphatic heterocycles. The molecule has 3 nitrogen and oxygen atoms in total. The van der Waals surface area contributed by atoms with Crippen LogP contribution in [0.2, 0.25) is 0 Å². The number of ketones is 1. The number of carboxylic acid groups (broad SMARTS) is 1. The normalized spacial score (nSPS) is 10.0. The minimum Gasteiger partial charge on any atom is -0.481 e. The molecule has 5 heteroatoms. The van der Waals surface area contributed by atoms with Crippen molar-refractivity contribution in [3.63, 3.8) is 0 Å². The lowest BCUT2D eigenvalue weighted by Crippen LogP contribution is -2.04. The first kappa shape index (κ1) is 11.8. The number of halogens is 2. The third kappa shape index (κ3) is 3.79. The van der Waals surface area contributed by atoms with Gasteiger partial charge in [-0.15, -0.1) is 0 Å². The summed E-state index contributed by atoms with van der Waals surface area (Å²) in [6.45, 7) is 0. The zero-order chi connectivity index (χ0) is 11.4. The third-order valence-electron chi connectivity index (χ3n) is 1.75. The van der Waals surface area contributed by atoms with E-state index in [0.717, 1.165) is 6.07 Å². The summed E-state index contributed by atoms with van der Waals surface area (Å²) < 4.78 is 13.3.